The summed E-state index contributed by atoms with van der Waals surface area (Å²) in [4.78, 5) is 27.6. The maximum Gasteiger partial charge on any atom is 0.412 e. The minimum atomic E-state index is -0.720. The number of nitrogens with one attached hydrogen (secondary N) is 2. The van der Waals surface area contributed by atoms with E-state index in [0.717, 1.165) is 54.9 Å². The lowest BCUT2D eigenvalue weighted by Gasteiger charge is -2.26. The second-order valence-corrected chi connectivity index (χ2v) is 11.5. The van der Waals surface area contributed by atoms with Gasteiger partial charge >= 0.3 is 6.09 Å². The highest BCUT2D eigenvalue weighted by Gasteiger charge is 2.31. The third-order valence-electron chi connectivity index (χ3n) is 6.80. The number of ether oxygens (including phenoxy) is 1. The van der Waals surface area contributed by atoms with Crippen LogP contribution >= 0.6 is 34.5 Å². The number of piperidine rings is 1. The number of benzene rings is 1. The fraction of sp³-hybridized carbons (Fsp3) is 0.393. The van der Waals surface area contributed by atoms with E-state index < -0.39 is 12.0 Å². The molecular formula is C28H29Cl2N5O3S. The van der Waals surface area contributed by atoms with Crippen molar-refractivity contribution in [1.29, 1.82) is 0 Å². The van der Waals surface area contributed by atoms with Crippen molar-refractivity contribution < 1.29 is 14.3 Å². The first-order chi connectivity index (χ1) is 18.9. The maximum atomic E-state index is 13.5. The van der Waals surface area contributed by atoms with E-state index in [4.69, 9.17) is 27.9 Å². The van der Waals surface area contributed by atoms with Gasteiger partial charge in [0.25, 0.3) is 5.91 Å². The van der Waals surface area contributed by atoms with E-state index in [1.165, 1.54) is 35.9 Å². The highest BCUT2D eigenvalue weighted by Crippen LogP contribution is 2.41. The van der Waals surface area contributed by atoms with Crippen LogP contribution in [0.5, 0.6) is 5.75 Å². The van der Waals surface area contributed by atoms with E-state index in [-0.39, 0.29) is 11.4 Å². The summed E-state index contributed by atoms with van der Waals surface area (Å²) in [6.45, 7) is 1.48. The van der Waals surface area contributed by atoms with Gasteiger partial charge in [0, 0.05) is 31.1 Å². The molecule has 11 heteroatoms. The topological polar surface area (TPSA) is 88.5 Å². The van der Waals surface area contributed by atoms with Gasteiger partial charge in [-0.1, -0.05) is 54.3 Å². The van der Waals surface area contributed by atoms with Gasteiger partial charge in [-0.25, -0.2) is 14.5 Å². The Morgan fingerprint density at radius 2 is 1.85 bits per heavy atom. The molecule has 8 nitrogen and oxygen atoms in total. The first kappa shape index (κ1) is 27.5. The molecular weight excluding hydrogens is 557 g/mol. The van der Waals surface area contributed by atoms with Crippen molar-refractivity contribution in [2.75, 3.05) is 20.1 Å². The molecule has 1 aliphatic carbocycles. The molecule has 1 saturated carbocycles. The predicted octanol–water partition coefficient (Wildman–Crippen LogP) is 6.30. The number of aromatic nitrogens is 2. The molecule has 1 aromatic carbocycles. The summed E-state index contributed by atoms with van der Waals surface area (Å²) < 4.78 is 7.23. The van der Waals surface area contributed by atoms with Crippen molar-refractivity contribution in [2.24, 2.45) is 5.92 Å². The van der Waals surface area contributed by atoms with Crippen LogP contribution in [-0.4, -0.2) is 46.9 Å². The van der Waals surface area contributed by atoms with Gasteiger partial charge < -0.3 is 10.1 Å². The summed E-state index contributed by atoms with van der Waals surface area (Å²) in [5.41, 5.74) is 3.80. The highest BCUT2D eigenvalue weighted by molar-refractivity contribution is 7.16. The molecule has 3 heterocycles. The molecule has 2 N–H and O–H groups in total. The van der Waals surface area contributed by atoms with Gasteiger partial charge in [0.05, 0.1) is 20.5 Å². The average molecular weight is 587 g/mol. The Labute approximate surface area is 241 Å². The number of rotatable bonds is 5. The summed E-state index contributed by atoms with van der Waals surface area (Å²) in [7, 11) is 1.46. The maximum absolute atomic E-state index is 13.5. The number of hydrazine groups is 1. The standard InChI is InChI=1S/C28H29Cl2N5O3S/c1-31-28(37)38-26-24(27(36)33-34-15-5-2-6-16-34)32-35(22-13-10-19(29)17-21(22)30)25(26)23-14-12-20(39-23)11-9-18-7-3-4-8-18/h10,12-14,17-18H,2-8,15-16H2,1H3,(H,31,37)(H,33,36). The highest BCUT2D eigenvalue weighted by atomic mass is 35.5. The zero-order chi connectivity index (χ0) is 27.4. The minimum Gasteiger partial charge on any atom is -0.405 e. The first-order valence-electron chi connectivity index (χ1n) is 13.1. The second-order valence-electron chi connectivity index (χ2n) is 9.58. The average Bonchev–Trinajstić information content (AvgIpc) is 3.68. The third kappa shape index (κ3) is 6.42. The molecule has 2 amide bonds. The van der Waals surface area contributed by atoms with Crippen LogP contribution in [-0.2, 0) is 0 Å². The smallest absolute Gasteiger partial charge is 0.405 e. The molecule has 0 atom stereocenters. The molecule has 204 valence electrons. The predicted molar refractivity (Wildman–Crippen MR) is 154 cm³/mol. The lowest BCUT2D eigenvalue weighted by molar-refractivity contribution is 0.0742. The monoisotopic (exact) mass is 585 g/mol. The van der Waals surface area contributed by atoms with Gasteiger partial charge in [-0.05, 0) is 56.0 Å². The second kappa shape index (κ2) is 12.4. The Hall–Kier alpha value is -3.03. The number of thiophene rings is 1. The zero-order valence-corrected chi connectivity index (χ0v) is 23.9. The molecule has 5 rings (SSSR count). The van der Waals surface area contributed by atoms with Crippen LogP contribution in [0.15, 0.2) is 30.3 Å². The van der Waals surface area contributed by atoms with Crippen LogP contribution in [0.25, 0.3) is 16.3 Å². The minimum absolute atomic E-state index is 0.0304. The van der Waals surface area contributed by atoms with Crippen LogP contribution in [0.1, 0.15) is 60.3 Å². The van der Waals surface area contributed by atoms with E-state index in [9.17, 15) is 9.59 Å². The fourth-order valence-electron chi connectivity index (χ4n) is 4.81. The molecule has 1 aliphatic heterocycles. The Morgan fingerprint density at radius 3 is 2.56 bits per heavy atom. The Kier molecular flexibility index (Phi) is 8.78. The molecule has 2 fully saturated rings. The van der Waals surface area contributed by atoms with Crippen LogP contribution < -0.4 is 15.5 Å². The van der Waals surface area contributed by atoms with Gasteiger partial charge in [0.15, 0.2) is 11.4 Å². The lowest BCUT2D eigenvalue weighted by atomic mass is 10.1. The van der Waals surface area contributed by atoms with Gasteiger partial charge in [0.1, 0.15) is 5.69 Å². The molecule has 0 bridgehead atoms. The Bertz CT molecular complexity index is 1430. The van der Waals surface area contributed by atoms with E-state index in [1.54, 1.807) is 18.2 Å². The molecule has 39 heavy (non-hydrogen) atoms. The normalized spacial score (nSPS) is 16.0. The van der Waals surface area contributed by atoms with Crippen molar-refractivity contribution >= 4 is 46.5 Å². The number of hydrogen-bond donors (Lipinski definition) is 2. The van der Waals surface area contributed by atoms with Crippen LogP contribution in [0, 0.1) is 17.8 Å². The number of carbonyl (C=O) groups excluding carboxylic acids is 2. The molecule has 0 unspecified atom stereocenters. The van der Waals surface area contributed by atoms with E-state index in [2.05, 4.69) is 27.7 Å². The molecule has 0 radical (unpaired) electrons. The summed E-state index contributed by atoms with van der Waals surface area (Å²) in [5.74, 6) is 6.67. The molecule has 3 aromatic rings. The number of hydrogen-bond acceptors (Lipinski definition) is 6. The van der Waals surface area contributed by atoms with Gasteiger partial charge in [-0.3, -0.25) is 10.2 Å². The summed E-state index contributed by atoms with van der Waals surface area (Å²) >= 11 is 14.2. The number of halogens is 2. The third-order valence-corrected chi connectivity index (χ3v) is 8.35. The van der Waals surface area contributed by atoms with Gasteiger partial charge in [-0.15, -0.1) is 11.3 Å². The fourth-order valence-corrected chi connectivity index (χ4v) is 6.20. The largest absolute Gasteiger partial charge is 0.412 e. The number of carbonyl (C=O) groups is 2. The summed E-state index contributed by atoms with van der Waals surface area (Å²) in [5, 5.41) is 9.76. The summed E-state index contributed by atoms with van der Waals surface area (Å²) in [6, 6.07) is 8.83. The summed E-state index contributed by atoms with van der Waals surface area (Å²) in [6.07, 6.45) is 7.08. The molecule has 2 aliphatic rings. The molecule has 1 saturated heterocycles. The van der Waals surface area contributed by atoms with E-state index in [0.29, 0.717) is 27.3 Å². The van der Waals surface area contributed by atoms with Crippen molar-refractivity contribution in [3.63, 3.8) is 0 Å². The zero-order valence-electron chi connectivity index (χ0n) is 21.6. The Morgan fingerprint density at radius 1 is 1.08 bits per heavy atom. The van der Waals surface area contributed by atoms with E-state index >= 15 is 0 Å². The van der Waals surface area contributed by atoms with E-state index in [1.807, 2.05) is 17.1 Å². The quantitative estimate of drug-likeness (QED) is 0.343. The Balaban J connectivity index is 1.62. The van der Waals surface area contributed by atoms with Gasteiger partial charge in [0.2, 0.25) is 0 Å². The number of nitrogens with zero attached hydrogens (tertiary/aromatic N) is 3. The van der Waals surface area contributed by atoms with Crippen molar-refractivity contribution in [3.05, 3.63) is 50.9 Å². The SMILES string of the molecule is CNC(=O)Oc1c(C(=O)NN2CCCCC2)nn(-c2ccc(Cl)cc2Cl)c1-c1ccc(C#CC2CCCC2)s1. The van der Waals surface area contributed by atoms with Crippen molar-refractivity contribution in [1.82, 2.24) is 25.5 Å². The lowest BCUT2D eigenvalue weighted by Crippen LogP contribution is -2.45. The van der Waals surface area contributed by atoms with Gasteiger partial charge in [-0.2, -0.15) is 5.10 Å². The molecule has 2 aromatic heterocycles. The first-order valence-corrected chi connectivity index (χ1v) is 14.7. The van der Waals surface area contributed by atoms with Crippen LogP contribution in [0.4, 0.5) is 4.79 Å². The van der Waals surface area contributed by atoms with Crippen molar-refractivity contribution in [2.45, 2.75) is 44.9 Å². The van der Waals surface area contributed by atoms with Crippen LogP contribution in [0.2, 0.25) is 10.0 Å². The van der Waals surface area contributed by atoms with Crippen LogP contribution in [0.3, 0.4) is 0 Å². The van der Waals surface area contributed by atoms with Crippen molar-refractivity contribution in [3.8, 4) is 33.8 Å². The molecule has 0 spiro atoms. The number of amides is 2.